The van der Waals surface area contributed by atoms with Crippen LogP contribution in [0.2, 0.25) is 0 Å². The van der Waals surface area contributed by atoms with E-state index in [1.807, 2.05) is 49.4 Å². The maximum atomic E-state index is 12.5. The maximum Gasteiger partial charge on any atom is 0.298 e. The predicted molar refractivity (Wildman–Crippen MR) is 100 cm³/mol. The van der Waals surface area contributed by atoms with Crippen molar-refractivity contribution < 1.29 is 9.59 Å². The fraction of sp³-hybridized carbons (Fsp3) is 0.0526. The zero-order valence-electron chi connectivity index (χ0n) is 12.9. The summed E-state index contributed by atoms with van der Waals surface area (Å²) in [6.07, 6.45) is 3.29. The Kier molecular flexibility index (Phi) is 4.88. The SMILES string of the molecule is Cc1ccc(N2C(=O)S/C(=C\C(Cl)=C\c3ccccc3)C2=O)cc1. The summed E-state index contributed by atoms with van der Waals surface area (Å²) < 4.78 is 0. The number of halogens is 1. The molecule has 1 saturated heterocycles. The first-order chi connectivity index (χ1) is 11.5. The highest BCUT2D eigenvalue weighted by molar-refractivity contribution is 8.18. The molecule has 1 aliphatic rings. The van der Waals surface area contributed by atoms with Gasteiger partial charge in [0.05, 0.1) is 10.6 Å². The van der Waals surface area contributed by atoms with Crippen molar-refractivity contribution in [2.24, 2.45) is 0 Å². The van der Waals surface area contributed by atoms with Gasteiger partial charge in [-0.3, -0.25) is 9.59 Å². The van der Waals surface area contributed by atoms with Gasteiger partial charge in [0.1, 0.15) is 0 Å². The largest absolute Gasteiger partial charge is 0.298 e. The van der Waals surface area contributed by atoms with Crippen molar-refractivity contribution in [2.45, 2.75) is 6.92 Å². The normalized spacial score (nSPS) is 17.0. The first-order valence-electron chi connectivity index (χ1n) is 7.31. The van der Waals surface area contributed by atoms with E-state index in [-0.39, 0.29) is 11.1 Å². The number of nitrogens with zero attached hydrogens (tertiary/aromatic N) is 1. The molecule has 1 heterocycles. The van der Waals surface area contributed by atoms with Crippen LogP contribution < -0.4 is 4.90 Å². The number of hydrogen-bond donors (Lipinski definition) is 0. The zero-order valence-corrected chi connectivity index (χ0v) is 14.5. The summed E-state index contributed by atoms with van der Waals surface area (Å²) in [5, 5.41) is 0.0786. The summed E-state index contributed by atoms with van der Waals surface area (Å²) in [4.78, 5) is 26.2. The molecule has 0 radical (unpaired) electrons. The van der Waals surface area contributed by atoms with Crippen LogP contribution >= 0.6 is 23.4 Å². The average Bonchev–Trinajstić information content (AvgIpc) is 2.83. The van der Waals surface area contributed by atoms with Gasteiger partial charge in [0, 0.05) is 5.03 Å². The number of benzene rings is 2. The van der Waals surface area contributed by atoms with E-state index in [1.165, 1.54) is 11.0 Å². The van der Waals surface area contributed by atoms with E-state index in [0.717, 1.165) is 22.9 Å². The number of anilines is 1. The number of rotatable bonds is 3. The number of thioether (sulfide) groups is 1. The number of carbonyl (C=O) groups excluding carboxylic acids is 2. The lowest BCUT2D eigenvalue weighted by Gasteiger charge is -2.12. The van der Waals surface area contributed by atoms with Gasteiger partial charge >= 0.3 is 0 Å². The van der Waals surface area contributed by atoms with Crippen molar-refractivity contribution in [2.75, 3.05) is 4.90 Å². The monoisotopic (exact) mass is 355 g/mol. The van der Waals surface area contributed by atoms with Gasteiger partial charge in [-0.15, -0.1) is 0 Å². The molecule has 0 bridgehead atoms. The molecule has 2 amide bonds. The molecule has 0 aliphatic carbocycles. The Morgan fingerprint density at radius 3 is 2.38 bits per heavy atom. The molecular weight excluding hydrogens is 342 g/mol. The molecule has 0 unspecified atom stereocenters. The van der Waals surface area contributed by atoms with Crippen LogP contribution in [-0.4, -0.2) is 11.1 Å². The molecule has 2 aromatic carbocycles. The molecule has 120 valence electrons. The molecule has 0 N–H and O–H groups in total. The number of carbonyl (C=O) groups is 2. The van der Waals surface area contributed by atoms with Crippen LogP contribution in [-0.2, 0) is 4.79 Å². The van der Waals surface area contributed by atoms with E-state index in [4.69, 9.17) is 11.6 Å². The standard InChI is InChI=1S/C19H14ClNO2S/c1-13-7-9-16(10-8-13)21-18(22)17(24-19(21)23)12-15(20)11-14-5-3-2-4-6-14/h2-12H,1H3/b15-11-,17-12-. The highest BCUT2D eigenvalue weighted by Crippen LogP contribution is 2.35. The van der Waals surface area contributed by atoms with Crippen LogP contribution in [0.1, 0.15) is 11.1 Å². The molecule has 24 heavy (non-hydrogen) atoms. The van der Waals surface area contributed by atoms with Gasteiger partial charge in [0.25, 0.3) is 11.1 Å². The van der Waals surface area contributed by atoms with Crippen molar-refractivity contribution >= 4 is 46.3 Å². The quantitative estimate of drug-likeness (QED) is 0.695. The van der Waals surface area contributed by atoms with Crippen LogP contribution in [0, 0.1) is 6.92 Å². The summed E-state index contributed by atoms with van der Waals surface area (Å²) in [5.74, 6) is -0.353. The van der Waals surface area contributed by atoms with Crippen LogP contribution in [0.25, 0.3) is 6.08 Å². The Bertz CT molecular complexity index is 841. The minimum absolute atomic E-state index is 0.317. The van der Waals surface area contributed by atoms with E-state index >= 15 is 0 Å². The Hall–Kier alpha value is -2.30. The van der Waals surface area contributed by atoms with E-state index < -0.39 is 0 Å². The van der Waals surface area contributed by atoms with Crippen molar-refractivity contribution in [1.82, 2.24) is 0 Å². The molecule has 0 aromatic heterocycles. The Balaban J connectivity index is 1.85. The number of allylic oxidation sites excluding steroid dienone is 2. The first-order valence-corrected chi connectivity index (χ1v) is 8.51. The van der Waals surface area contributed by atoms with Gasteiger partial charge in [-0.25, -0.2) is 4.90 Å². The molecule has 3 rings (SSSR count). The lowest BCUT2D eigenvalue weighted by Crippen LogP contribution is -2.27. The van der Waals surface area contributed by atoms with E-state index in [1.54, 1.807) is 18.2 Å². The van der Waals surface area contributed by atoms with Gasteiger partial charge < -0.3 is 0 Å². The van der Waals surface area contributed by atoms with Gasteiger partial charge in [-0.1, -0.05) is 59.6 Å². The maximum absolute atomic E-state index is 12.5. The molecule has 2 aromatic rings. The number of hydrogen-bond acceptors (Lipinski definition) is 3. The third-order valence-electron chi connectivity index (χ3n) is 3.46. The summed E-state index contributed by atoms with van der Waals surface area (Å²) in [5.41, 5.74) is 2.56. The predicted octanol–water partition coefficient (Wildman–Crippen LogP) is 5.36. The van der Waals surface area contributed by atoms with E-state index in [9.17, 15) is 9.59 Å². The fourth-order valence-electron chi connectivity index (χ4n) is 2.26. The molecule has 0 saturated carbocycles. The average molecular weight is 356 g/mol. The number of aryl methyl sites for hydroxylation is 1. The second-order valence-corrected chi connectivity index (χ2v) is 6.72. The summed E-state index contributed by atoms with van der Waals surface area (Å²) in [6.45, 7) is 1.95. The Labute approximate surface area is 149 Å². The van der Waals surface area contributed by atoms with Gasteiger partial charge in [-0.05, 0) is 48.5 Å². The number of amides is 2. The van der Waals surface area contributed by atoms with Crippen molar-refractivity contribution in [3.05, 3.63) is 81.7 Å². The summed E-state index contributed by atoms with van der Waals surface area (Å²) in [7, 11) is 0. The second-order valence-electron chi connectivity index (χ2n) is 5.29. The molecule has 1 fully saturated rings. The van der Waals surface area contributed by atoms with Gasteiger partial charge in [0.2, 0.25) is 0 Å². The van der Waals surface area contributed by atoms with E-state index in [0.29, 0.717) is 15.6 Å². The van der Waals surface area contributed by atoms with Crippen molar-refractivity contribution in [3.63, 3.8) is 0 Å². The minimum Gasteiger partial charge on any atom is -0.268 e. The lowest BCUT2D eigenvalue weighted by molar-refractivity contribution is -0.113. The highest BCUT2D eigenvalue weighted by atomic mass is 35.5. The Morgan fingerprint density at radius 1 is 1.04 bits per heavy atom. The molecule has 3 nitrogen and oxygen atoms in total. The summed E-state index contributed by atoms with van der Waals surface area (Å²) >= 11 is 7.11. The zero-order chi connectivity index (χ0) is 17.1. The third-order valence-corrected chi connectivity index (χ3v) is 4.55. The van der Waals surface area contributed by atoms with Crippen LogP contribution in [0.5, 0.6) is 0 Å². The molecule has 0 spiro atoms. The van der Waals surface area contributed by atoms with Crippen LogP contribution in [0.4, 0.5) is 10.5 Å². The van der Waals surface area contributed by atoms with Crippen molar-refractivity contribution in [1.29, 1.82) is 0 Å². The van der Waals surface area contributed by atoms with Crippen LogP contribution in [0.15, 0.2) is 70.6 Å². The molecule has 1 aliphatic heterocycles. The lowest BCUT2D eigenvalue weighted by atomic mass is 10.2. The highest BCUT2D eigenvalue weighted by Gasteiger charge is 2.36. The second kappa shape index (κ2) is 7.07. The van der Waals surface area contributed by atoms with Crippen LogP contribution in [0.3, 0.4) is 0 Å². The minimum atomic E-state index is -0.353. The first kappa shape index (κ1) is 16.6. The summed E-state index contributed by atoms with van der Waals surface area (Å²) in [6, 6.07) is 16.8. The number of imide groups is 1. The molecule has 0 atom stereocenters. The fourth-order valence-corrected chi connectivity index (χ4v) is 3.39. The topological polar surface area (TPSA) is 37.4 Å². The van der Waals surface area contributed by atoms with Crippen molar-refractivity contribution in [3.8, 4) is 0 Å². The third kappa shape index (κ3) is 3.61. The smallest absolute Gasteiger partial charge is 0.268 e. The Morgan fingerprint density at radius 2 is 1.71 bits per heavy atom. The van der Waals surface area contributed by atoms with E-state index in [2.05, 4.69) is 0 Å². The molecule has 5 heteroatoms. The molecular formula is C19H14ClNO2S. The van der Waals surface area contributed by atoms with Gasteiger partial charge in [-0.2, -0.15) is 0 Å². The van der Waals surface area contributed by atoms with Gasteiger partial charge in [0.15, 0.2) is 0 Å².